The molecule has 0 fully saturated rings. The number of ether oxygens (including phenoxy) is 2. The lowest BCUT2D eigenvalue weighted by Crippen LogP contribution is -2.11. The first kappa shape index (κ1) is 19.5. The topological polar surface area (TPSA) is 60.5 Å². The molecule has 0 aliphatic heterocycles. The molecule has 30 heavy (non-hydrogen) atoms. The minimum atomic E-state index is -0.157. The Bertz CT molecular complexity index is 1170. The molecule has 1 amide bonds. The zero-order chi connectivity index (χ0) is 20.9. The molecule has 0 aliphatic carbocycles. The van der Waals surface area contributed by atoms with Gasteiger partial charge in [-0.05, 0) is 61.5 Å². The SMILES string of the molecule is CCOc1cc(-c2ccc(OC)cc2)nc2ccc(NC(=O)c3ccccc3)cc12. The molecule has 150 valence electrons. The number of rotatable bonds is 6. The van der Waals surface area contributed by atoms with Gasteiger partial charge in [0, 0.05) is 28.3 Å². The Morgan fingerprint density at radius 2 is 1.73 bits per heavy atom. The highest BCUT2D eigenvalue weighted by atomic mass is 16.5. The van der Waals surface area contributed by atoms with Gasteiger partial charge >= 0.3 is 0 Å². The lowest BCUT2D eigenvalue weighted by atomic mass is 10.1. The number of pyridine rings is 1. The van der Waals surface area contributed by atoms with Crippen molar-refractivity contribution in [3.63, 3.8) is 0 Å². The van der Waals surface area contributed by atoms with Gasteiger partial charge in [-0.2, -0.15) is 0 Å². The summed E-state index contributed by atoms with van der Waals surface area (Å²) >= 11 is 0. The van der Waals surface area contributed by atoms with Crippen molar-refractivity contribution in [1.29, 1.82) is 0 Å². The van der Waals surface area contributed by atoms with Crippen molar-refractivity contribution in [2.45, 2.75) is 6.92 Å². The van der Waals surface area contributed by atoms with E-state index >= 15 is 0 Å². The molecule has 0 unspecified atom stereocenters. The fraction of sp³-hybridized carbons (Fsp3) is 0.120. The molecule has 0 aliphatic rings. The van der Waals surface area contributed by atoms with Crippen molar-refractivity contribution >= 4 is 22.5 Å². The Morgan fingerprint density at radius 3 is 2.43 bits per heavy atom. The van der Waals surface area contributed by atoms with Crippen molar-refractivity contribution in [3.05, 3.63) is 84.4 Å². The van der Waals surface area contributed by atoms with Crippen molar-refractivity contribution in [2.24, 2.45) is 0 Å². The zero-order valence-electron chi connectivity index (χ0n) is 16.9. The Kier molecular flexibility index (Phi) is 5.61. The number of fused-ring (bicyclic) bond motifs is 1. The second kappa shape index (κ2) is 8.66. The number of nitrogens with zero attached hydrogens (tertiary/aromatic N) is 1. The van der Waals surface area contributed by atoms with Crippen molar-refractivity contribution < 1.29 is 14.3 Å². The zero-order valence-corrected chi connectivity index (χ0v) is 16.9. The van der Waals surface area contributed by atoms with Crippen LogP contribution >= 0.6 is 0 Å². The summed E-state index contributed by atoms with van der Waals surface area (Å²) in [6.45, 7) is 2.47. The van der Waals surface area contributed by atoms with E-state index in [2.05, 4.69) is 5.32 Å². The maximum absolute atomic E-state index is 12.5. The van der Waals surface area contributed by atoms with Gasteiger partial charge in [-0.3, -0.25) is 4.79 Å². The molecule has 1 N–H and O–H groups in total. The van der Waals surface area contributed by atoms with Crippen LogP contribution in [0.5, 0.6) is 11.5 Å². The minimum Gasteiger partial charge on any atom is -0.497 e. The molecule has 0 atom stereocenters. The average molecular weight is 398 g/mol. The van der Waals surface area contributed by atoms with E-state index in [9.17, 15) is 4.79 Å². The number of nitrogens with one attached hydrogen (secondary N) is 1. The van der Waals surface area contributed by atoms with Crippen LogP contribution in [0, 0.1) is 0 Å². The van der Waals surface area contributed by atoms with Crippen LogP contribution in [-0.2, 0) is 0 Å². The molecule has 3 aromatic carbocycles. The van der Waals surface area contributed by atoms with E-state index in [4.69, 9.17) is 14.5 Å². The van der Waals surface area contributed by atoms with E-state index < -0.39 is 0 Å². The average Bonchev–Trinajstić information content (AvgIpc) is 2.80. The second-order valence-corrected chi connectivity index (χ2v) is 6.72. The van der Waals surface area contributed by atoms with Crippen LogP contribution in [0.2, 0.25) is 0 Å². The van der Waals surface area contributed by atoms with E-state index in [0.29, 0.717) is 17.9 Å². The molecule has 0 saturated heterocycles. The largest absolute Gasteiger partial charge is 0.497 e. The van der Waals surface area contributed by atoms with Crippen molar-refractivity contribution in [3.8, 4) is 22.8 Å². The fourth-order valence-corrected chi connectivity index (χ4v) is 3.25. The molecule has 0 bridgehead atoms. The van der Waals surface area contributed by atoms with Gasteiger partial charge in [0.2, 0.25) is 0 Å². The normalized spacial score (nSPS) is 10.6. The number of aromatic nitrogens is 1. The number of hydrogen-bond acceptors (Lipinski definition) is 4. The van der Waals surface area contributed by atoms with E-state index in [1.165, 1.54) is 0 Å². The summed E-state index contributed by atoms with van der Waals surface area (Å²) < 4.78 is 11.1. The van der Waals surface area contributed by atoms with Gasteiger partial charge in [0.15, 0.2) is 0 Å². The number of hydrogen-bond donors (Lipinski definition) is 1. The van der Waals surface area contributed by atoms with Gasteiger partial charge in [0.05, 0.1) is 24.9 Å². The van der Waals surface area contributed by atoms with E-state index in [0.717, 1.165) is 33.7 Å². The van der Waals surface area contributed by atoms with E-state index in [1.807, 2.05) is 73.7 Å². The first-order valence-electron chi connectivity index (χ1n) is 9.76. The summed E-state index contributed by atoms with van der Waals surface area (Å²) in [5.41, 5.74) is 3.88. The molecule has 4 aromatic rings. The summed E-state index contributed by atoms with van der Waals surface area (Å²) in [6, 6.07) is 24.4. The third-order valence-electron chi connectivity index (χ3n) is 4.75. The van der Waals surface area contributed by atoms with Crippen LogP contribution in [0.3, 0.4) is 0 Å². The molecule has 5 heteroatoms. The third kappa shape index (κ3) is 4.10. The summed E-state index contributed by atoms with van der Waals surface area (Å²) in [5, 5.41) is 3.79. The van der Waals surface area contributed by atoms with Gasteiger partial charge < -0.3 is 14.8 Å². The highest BCUT2D eigenvalue weighted by Gasteiger charge is 2.12. The van der Waals surface area contributed by atoms with Crippen molar-refractivity contribution in [2.75, 3.05) is 19.0 Å². The minimum absolute atomic E-state index is 0.157. The van der Waals surface area contributed by atoms with E-state index in [1.54, 1.807) is 19.2 Å². The van der Waals surface area contributed by atoms with Crippen LogP contribution in [0.1, 0.15) is 17.3 Å². The third-order valence-corrected chi connectivity index (χ3v) is 4.75. The summed E-state index contributed by atoms with van der Waals surface area (Å²) in [5.74, 6) is 1.36. The molecule has 0 saturated carbocycles. The lowest BCUT2D eigenvalue weighted by molar-refractivity contribution is 0.102. The molecular weight excluding hydrogens is 376 g/mol. The van der Waals surface area contributed by atoms with Gasteiger partial charge in [0.25, 0.3) is 5.91 Å². The van der Waals surface area contributed by atoms with E-state index in [-0.39, 0.29) is 5.91 Å². The predicted octanol–water partition coefficient (Wildman–Crippen LogP) is 5.56. The predicted molar refractivity (Wildman–Crippen MR) is 119 cm³/mol. The van der Waals surface area contributed by atoms with Crippen LogP contribution in [0.25, 0.3) is 22.2 Å². The lowest BCUT2D eigenvalue weighted by Gasteiger charge is -2.12. The number of anilines is 1. The Labute approximate surface area is 175 Å². The van der Waals surface area contributed by atoms with Crippen LogP contribution in [-0.4, -0.2) is 24.6 Å². The maximum Gasteiger partial charge on any atom is 0.255 e. The Hall–Kier alpha value is -3.86. The number of benzene rings is 3. The van der Waals surface area contributed by atoms with Gasteiger partial charge in [-0.1, -0.05) is 18.2 Å². The highest BCUT2D eigenvalue weighted by Crippen LogP contribution is 2.32. The molecular formula is C25H22N2O3. The van der Waals surface area contributed by atoms with Gasteiger partial charge in [-0.25, -0.2) is 4.98 Å². The second-order valence-electron chi connectivity index (χ2n) is 6.72. The van der Waals surface area contributed by atoms with Gasteiger partial charge in [-0.15, -0.1) is 0 Å². The maximum atomic E-state index is 12.5. The molecule has 1 aromatic heterocycles. The van der Waals surface area contributed by atoms with Crippen molar-refractivity contribution in [1.82, 2.24) is 4.98 Å². The number of methoxy groups -OCH3 is 1. The van der Waals surface area contributed by atoms with Crippen LogP contribution in [0.15, 0.2) is 78.9 Å². The van der Waals surface area contributed by atoms with Crippen LogP contribution in [0.4, 0.5) is 5.69 Å². The van der Waals surface area contributed by atoms with Gasteiger partial charge in [0.1, 0.15) is 11.5 Å². The smallest absolute Gasteiger partial charge is 0.255 e. The fourth-order valence-electron chi connectivity index (χ4n) is 3.25. The summed E-state index contributed by atoms with van der Waals surface area (Å²) in [6.07, 6.45) is 0. The Balaban J connectivity index is 1.70. The number of amides is 1. The quantitative estimate of drug-likeness (QED) is 0.462. The molecule has 0 spiro atoms. The summed E-state index contributed by atoms with van der Waals surface area (Å²) in [4.78, 5) is 17.3. The summed E-state index contributed by atoms with van der Waals surface area (Å²) in [7, 11) is 1.64. The Morgan fingerprint density at radius 1 is 0.967 bits per heavy atom. The number of carbonyl (C=O) groups excluding carboxylic acids is 1. The molecule has 5 nitrogen and oxygen atoms in total. The highest BCUT2D eigenvalue weighted by molar-refractivity contribution is 6.05. The first-order valence-corrected chi connectivity index (χ1v) is 9.76. The molecule has 4 rings (SSSR count). The van der Waals surface area contributed by atoms with Crippen LogP contribution < -0.4 is 14.8 Å². The molecule has 1 heterocycles. The molecule has 0 radical (unpaired) electrons. The number of carbonyl (C=O) groups is 1. The monoisotopic (exact) mass is 398 g/mol. The first-order chi connectivity index (χ1) is 14.7. The standard InChI is InChI=1S/C25H22N2O3/c1-3-30-24-16-23(17-9-12-20(29-2)13-10-17)27-22-14-11-19(15-21(22)24)26-25(28)18-7-5-4-6-8-18/h4-16H,3H2,1-2H3,(H,26,28).